The molecule has 3 N–H and O–H groups in total. The Hall–Kier alpha value is 1.01. The van der Waals surface area contributed by atoms with E-state index in [2.05, 4.69) is 0 Å². The van der Waals surface area contributed by atoms with Gasteiger partial charge in [-0.25, -0.2) is 0 Å². The summed E-state index contributed by atoms with van der Waals surface area (Å²) in [5, 5.41) is 24.0. The monoisotopic (exact) mass is 215 g/mol. The van der Waals surface area contributed by atoms with Gasteiger partial charge in [0.25, 0.3) is 0 Å². The summed E-state index contributed by atoms with van der Waals surface area (Å²) in [4.78, 5) is 0. The molecule has 0 amide bonds. The molecule has 0 rings (SSSR count). The molecule has 0 aliphatic rings. The minimum atomic E-state index is -0.954. The van der Waals surface area contributed by atoms with E-state index >= 15 is 0 Å². The van der Waals surface area contributed by atoms with E-state index in [1.165, 1.54) is 0 Å². The number of hydrogen-bond donors (Lipinski definition) is 3. The summed E-state index contributed by atoms with van der Waals surface area (Å²) in [7, 11) is 0. The van der Waals surface area contributed by atoms with Crippen LogP contribution in [0, 0.1) is 0 Å². The SMILES string of the molecule is OCC(O)CO.[Co].[Zn]. The molecule has 0 bridgehead atoms. The summed E-state index contributed by atoms with van der Waals surface area (Å²) >= 11 is 0. The van der Waals surface area contributed by atoms with Crippen molar-refractivity contribution in [3.8, 4) is 0 Å². The Labute approximate surface area is 71.1 Å². The van der Waals surface area contributed by atoms with E-state index < -0.39 is 6.10 Å². The zero-order valence-corrected chi connectivity index (χ0v) is 8.38. The first-order valence-corrected chi connectivity index (χ1v) is 1.71. The molecule has 5 heteroatoms. The molecule has 3 nitrogen and oxygen atoms in total. The third-order valence-electron chi connectivity index (χ3n) is 0.421. The molecule has 0 saturated heterocycles. The molecule has 49 valence electrons. The van der Waals surface area contributed by atoms with Crippen molar-refractivity contribution >= 4 is 0 Å². The molecule has 0 spiro atoms. The predicted octanol–water partition coefficient (Wildman–Crippen LogP) is -1.67. The summed E-state index contributed by atoms with van der Waals surface area (Å²) in [6.45, 7) is -0.729. The van der Waals surface area contributed by atoms with Gasteiger partial charge >= 0.3 is 0 Å². The van der Waals surface area contributed by atoms with Crippen LogP contribution in [0.2, 0.25) is 0 Å². The van der Waals surface area contributed by atoms with Crippen LogP contribution in [-0.2, 0) is 36.3 Å². The van der Waals surface area contributed by atoms with Crippen molar-refractivity contribution in [1.29, 1.82) is 0 Å². The van der Waals surface area contributed by atoms with Crippen molar-refractivity contribution in [1.82, 2.24) is 0 Å². The van der Waals surface area contributed by atoms with E-state index in [0.29, 0.717) is 0 Å². The molecule has 0 aromatic carbocycles. The predicted molar refractivity (Wildman–Crippen MR) is 20.2 cm³/mol. The van der Waals surface area contributed by atoms with Crippen molar-refractivity contribution in [2.24, 2.45) is 0 Å². The van der Waals surface area contributed by atoms with Crippen LogP contribution in [0.3, 0.4) is 0 Å². The van der Waals surface area contributed by atoms with Gasteiger partial charge in [0.1, 0.15) is 6.10 Å². The Bertz CT molecular complexity index is 33.7. The van der Waals surface area contributed by atoms with Gasteiger partial charge in [0.15, 0.2) is 0 Å². The van der Waals surface area contributed by atoms with Gasteiger partial charge in [-0.1, -0.05) is 0 Å². The fourth-order valence-electron chi connectivity index (χ4n) is 0.0577. The standard InChI is InChI=1S/C3H8O3.Co.Zn/c4-1-3(6)2-5;;/h3-6H,1-2H2;;. The van der Waals surface area contributed by atoms with Gasteiger partial charge in [-0.15, -0.1) is 0 Å². The Morgan fingerprint density at radius 3 is 1.38 bits per heavy atom. The summed E-state index contributed by atoms with van der Waals surface area (Å²) < 4.78 is 0. The van der Waals surface area contributed by atoms with E-state index in [1.807, 2.05) is 0 Å². The Kier molecular flexibility index (Phi) is 21.8. The molecule has 0 aliphatic carbocycles. The second-order valence-corrected chi connectivity index (χ2v) is 1.02. The molecular weight excluding hydrogens is 208 g/mol. The number of aliphatic hydroxyl groups excluding tert-OH is 3. The zero-order chi connectivity index (χ0) is 4.99. The topological polar surface area (TPSA) is 60.7 Å². The Balaban J connectivity index is -0.000000125. The minimum absolute atomic E-state index is 0. The first kappa shape index (κ1) is 16.0. The van der Waals surface area contributed by atoms with Gasteiger partial charge in [-0.05, 0) is 0 Å². The van der Waals surface area contributed by atoms with Gasteiger partial charge in [-0.2, -0.15) is 0 Å². The molecule has 0 atom stereocenters. The van der Waals surface area contributed by atoms with E-state index in [-0.39, 0.29) is 49.5 Å². The van der Waals surface area contributed by atoms with E-state index in [0.717, 1.165) is 0 Å². The Morgan fingerprint density at radius 2 is 1.38 bits per heavy atom. The summed E-state index contributed by atoms with van der Waals surface area (Å²) in [6, 6.07) is 0. The average molecular weight is 216 g/mol. The van der Waals surface area contributed by atoms with Crippen molar-refractivity contribution in [2.45, 2.75) is 6.10 Å². The largest absolute Gasteiger partial charge is 0.394 e. The van der Waals surface area contributed by atoms with Gasteiger partial charge in [0.2, 0.25) is 0 Å². The van der Waals surface area contributed by atoms with Crippen LogP contribution >= 0.6 is 0 Å². The van der Waals surface area contributed by atoms with Crippen molar-refractivity contribution in [3.63, 3.8) is 0 Å². The first-order chi connectivity index (χ1) is 2.81. The van der Waals surface area contributed by atoms with Crippen LogP contribution < -0.4 is 0 Å². The second kappa shape index (κ2) is 10.9. The molecule has 8 heavy (non-hydrogen) atoms. The number of hydrogen-bond acceptors (Lipinski definition) is 3. The maximum atomic E-state index is 8.17. The Morgan fingerprint density at radius 1 is 1.12 bits per heavy atom. The third kappa shape index (κ3) is 10.1. The smallest absolute Gasteiger partial charge is 0.100 e. The molecule has 0 unspecified atom stereocenters. The fourth-order valence-corrected chi connectivity index (χ4v) is 0.0577. The third-order valence-corrected chi connectivity index (χ3v) is 0.421. The van der Waals surface area contributed by atoms with Gasteiger partial charge < -0.3 is 15.3 Å². The van der Waals surface area contributed by atoms with Gasteiger partial charge in [0.05, 0.1) is 13.2 Å². The first-order valence-electron chi connectivity index (χ1n) is 1.71. The molecule has 0 aromatic rings. The zero-order valence-electron chi connectivity index (χ0n) is 4.37. The molecule has 0 aromatic heterocycles. The average Bonchev–Trinajstić information content (AvgIpc) is 1.65. The van der Waals surface area contributed by atoms with Crippen LogP contribution in [0.1, 0.15) is 0 Å². The molecular formula is C3H8CoO3Zn. The quantitative estimate of drug-likeness (QED) is 0.484. The van der Waals surface area contributed by atoms with Gasteiger partial charge in [-0.3, -0.25) is 0 Å². The van der Waals surface area contributed by atoms with Crippen molar-refractivity contribution < 1.29 is 51.6 Å². The minimum Gasteiger partial charge on any atom is -0.394 e. The van der Waals surface area contributed by atoms with E-state index in [9.17, 15) is 0 Å². The van der Waals surface area contributed by atoms with E-state index in [4.69, 9.17) is 15.3 Å². The van der Waals surface area contributed by atoms with Crippen LogP contribution in [0.15, 0.2) is 0 Å². The molecule has 0 saturated carbocycles. The van der Waals surface area contributed by atoms with Crippen molar-refractivity contribution in [2.75, 3.05) is 13.2 Å². The van der Waals surface area contributed by atoms with Crippen LogP contribution in [-0.4, -0.2) is 34.6 Å². The second-order valence-electron chi connectivity index (χ2n) is 1.02. The summed E-state index contributed by atoms with van der Waals surface area (Å²) in [5.41, 5.74) is 0. The van der Waals surface area contributed by atoms with Crippen molar-refractivity contribution in [3.05, 3.63) is 0 Å². The normalized spacial score (nSPS) is 7.50. The van der Waals surface area contributed by atoms with E-state index in [1.54, 1.807) is 0 Å². The molecule has 0 aliphatic heterocycles. The summed E-state index contributed by atoms with van der Waals surface area (Å²) in [6.07, 6.45) is -0.954. The van der Waals surface area contributed by atoms with Gasteiger partial charge in [0, 0.05) is 36.3 Å². The molecule has 0 fully saturated rings. The van der Waals surface area contributed by atoms with Crippen LogP contribution in [0.5, 0.6) is 0 Å². The number of rotatable bonds is 2. The maximum absolute atomic E-state index is 8.17. The molecule has 1 radical (unpaired) electrons. The summed E-state index contributed by atoms with van der Waals surface area (Å²) in [5.74, 6) is 0. The fraction of sp³-hybridized carbons (Fsp3) is 1.00. The molecule has 0 heterocycles. The van der Waals surface area contributed by atoms with Crippen LogP contribution in [0.25, 0.3) is 0 Å². The maximum Gasteiger partial charge on any atom is 0.100 e. The van der Waals surface area contributed by atoms with Crippen LogP contribution in [0.4, 0.5) is 0 Å². The number of aliphatic hydroxyl groups is 3.